The van der Waals surface area contributed by atoms with Crippen molar-refractivity contribution in [3.05, 3.63) is 0 Å². The van der Waals surface area contributed by atoms with Gasteiger partial charge in [-0.15, -0.1) is 0 Å². The summed E-state index contributed by atoms with van der Waals surface area (Å²) in [5.41, 5.74) is 0. The van der Waals surface area contributed by atoms with Crippen molar-refractivity contribution in [2.45, 2.75) is 0 Å². The van der Waals surface area contributed by atoms with Crippen LogP contribution in [0, 0.1) is 0 Å². The number of quaternary nitrogens is 1. The minimum absolute atomic E-state index is 0.750. The third kappa shape index (κ3) is 2.78. The normalized spacial score (nSPS) is 11.3. The van der Waals surface area contributed by atoms with E-state index in [1.54, 1.807) is 0 Å². The SMILES string of the molecule is C[N+](S)(S)C(=O)[O-]. The molecule has 0 saturated carbocycles. The van der Waals surface area contributed by atoms with Crippen molar-refractivity contribution < 1.29 is 13.2 Å². The Kier molecular flexibility index (Phi) is 1.97. The summed E-state index contributed by atoms with van der Waals surface area (Å²) in [6.45, 7) is 0. The van der Waals surface area contributed by atoms with Crippen LogP contribution in [0.2, 0.25) is 0 Å². The lowest BCUT2D eigenvalue weighted by atomic mass is 11.1. The molecule has 0 atom stereocenters. The molecule has 1 amide bonds. The number of carbonyl (C=O) groups is 1. The Morgan fingerprint density at radius 3 is 1.86 bits per heavy atom. The third-order valence-electron chi connectivity index (χ3n) is 0.346. The highest BCUT2D eigenvalue weighted by Gasteiger charge is 2.12. The summed E-state index contributed by atoms with van der Waals surface area (Å²) >= 11 is 6.98. The van der Waals surface area contributed by atoms with Crippen molar-refractivity contribution >= 4 is 31.7 Å². The van der Waals surface area contributed by atoms with Crippen LogP contribution < -0.4 is 5.11 Å². The van der Waals surface area contributed by atoms with Gasteiger partial charge >= 0.3 is 0 Å². The van der Waals surface area contributed by atoms with E-state index in [4.69, 9.17) is 0 Å². The van der Waals surface area contributed by atoms with Crippen LogP contribution in [0.15, 0.2) is 0 Å². The van der Waals surface area contributed by atoms with Crippen molar-refractivity contribution in [2.75, 3.05) is 7.05 Å². The standard InChI is InChI=1S/C2H5NO2S2/c1-3(6,7)2(4)5/h6-7H,1H3. The van der Waals surface area contributed by atoms with Gasteiger partial charge in [-0.1, -0.05) is 0 Å². The van der Waals surface area contributed by atoms with Crippen molar-refractivity contribution in [2.24, 2.45) is 0 Å². The molecule has 0 bridgehead atoms. The summed E-state index contributed by atoms with van der Waals surface area (Å²) in [6, 6.07) is 0. The van der Waals surface area contributed by atoms with Gasteiger partial charge in [-0.05, 0) is 0 Å². The van der Waals surface area contributed by atoms with Crippen molar-refractivity contribution in [3.8, 4) is 0 Å². The van der Waals surface area contributed by atoms with E-state index in [0.717, 1.165) is 0 Å². The van der Waals surface area contributed by atoms with Crippen LogP contribution >= 0.6 is 25.6 Å². The fourth-order valence-electron chi connectivity index (χ4n) is 0. The second kappa shape index (κ2) is 1.94. The lowest BCUT2D eigenvalue weighted by molar-refractivity contribution is -0.581. The molecule has 0 rings (SSSR count). The number of amides is 1. The molecule has 3 nitrogen and oxygen atoms in total. The van der Waals surface area contributed by atoms with E-state index in [2.05, 4.69) is 25.6 Å². The molecule has 0 aromatic heterocycles. The Bertz CT molecular complexity index is 86.2. The second-order valence-electron chi connectivity index (χ2n) is 1.18. The molecular weight excluding hydrogens is 134 g/mol. The molecule has 0 saturated heterocycles. The van der Waals surface area contributed by atoms with E-state index < -0.39 is 9.39 Å². The maximum atomic E-state index is 9.73. The number of hydrogen-bond donors (Lipinski definition) is 2. The highest BCUT2D eigenvalue weighted by atomic mass is 32.2. The van der Waals surface area contributed by atoms with Crippen molar-refractivity contribution in [1.29, 1.82) is 0 Å². The minimum Gasteiger partial charge on any atom is -0.497 e. The number of carbonyl (C=O) groups excluding carboxylic acids is 1. The summed E-state index contributed by atoms with van der Waals surface area (Å²) < 4.78 is -0.750. The zero-order valence-corrected chi connectivity index (χ0v) is 5.45. The van der Waals surface area contributed by atoms with Crippen LogP contribution in [0.4, 0.5) is 4.79 Å². The first kappa shape index (κ1) is 7.13. The molecule has 0 N–H and O–H groups in total. The maximum absolute atomic E-state index is 9.73. The predicted molar refractivity (Wildman–Crippen MR) is 29.6 cm³/mol. The average molecular weight is 139 g/mol. The maximum Gasteiger partial charge on any atom is 0.281 e. The summed E-state index contributed by atoms with van der Waals surface area (Å²) in [6.07, 6.45) is -1.34. The van der Waals surface area contributed by atoms with Crippen LogP contribution in [-0.4, -0.2) is 16.4 Å². The lowest BCUT2D eigenvalue weighted by Crippen LogP contribution is -2.41. The van der Waals surface area contributed by atoms with Gasteiger partial charge in [0.1, 0.15) is 0 Å². The minimum atomic E-state index is -1.34. The van der Waals surface area contributed by atoms with Crippen LogP contribution in [0.5, 0.6) is 0 Å². The van der Waals surface area contributed by atoms with Crippen molar-refractivity contribution in [1.82, 2.24) is 0 Å². The fourth-order valence-corrected chi connectivity index (χ4v) is 0. The second-order valence-corrected chi connectivity index (χ2v) is 3.09. The summed E-state index contributed by atoms with van der Waals surface area (Å²) in [5.74, 6) is 0. The van der Waals surface area contributed by atoms with Gasteiger partial charge in [0, 0.05) is 0 Å². The van der Waals surface area contributed by atoms with E-state index in [1.165, 1.54) is 7.05 Å². The first-order valence-corrected chi connectivity index (χ1v) is 2.28. The molecular formula is C2H5NO2S2. The first-order chi connectivity index (χ1) is 2.94. The zero-order valence-electron chi connectivity index (χ0n) is 3.66. The Hall–Kier alpha value is 0.130. The largest absolute Gasteiger partial charge is 0.497 e. The summed E-state index contributed by atoms with van der Waals surface area (Å²) in [4.78, 5) is 9.73. The van der Waals surface area contributed by atoms with Crippen LogP contribution in [0.1, 0.15) is 0 Å². The lowest BCUT2D eigenvalue weighted by Gasteiger charge is -2.15. The van der Waals surface area contributed by atoms with Crippen LogP contribution in [0.25, 0.3) is 0 Å². The Morgan fingerprint density at radius 1 is 1.71 bits per heavy atom. The molecule has 0 aromatic carbocycles. The Labute approximate surface area is 52.6 Å². The Morgan fingerprint density at radius 2 is 1.86 bits per heavy atom. The van der Waals surface area contributed by atoms with Gasteiger partial charge in [-0.25, -0.2) is 0 Å². The summed E-state index contributed by atoms with van der Waals surface area (Å²) in [7, 11) is 1.27. The molecule has 42 valence electrons. The van der Waals surface area contributed by atoms with E-state index in [9.17, 15) is 9.90 Å². The molecule has 0 unspecified atom stereocenters. The molecule has 0 aromatic rings. The molecule has 0 fully saturated rings. The zero-order chi connectivity index (χ0) is 6.08. The van der Waals surface area contributed by atoms with Gasteiger partial charge in [0.2, 0.25) is 0 Å². The summed E-state index contributed by atoms with van der Waals surface area (Å²) in [5, 5.41) is 9.73. The average Bonchev–Trinajstić information content (AvgIpc) is 1.31. The predicted octanol–water partition coefficient (Wildman–Crippen LogP) is -0.534. The van der Waals surface area contributed by atoms with Gasteiger partial charge in [0.15, 0.2) is 0 Å². The van der Waals surface area contributed by atoms with Gasteiger partial charge in [0.05, 0.1) is 32.7 Å². The van der Waals surface area contributed by atoms with Gasteiger partial charge < -0.3 is 9.90 Å². The van der Waals surface area contributed by atoms with Crippen LogP contribution in [0.3, 0.4) is 0 Å². The number of thiol groups is 2. The Balaban J connectivity index is 3.79. The number of rotatable bonds is 0. The molecule has 0 aliphatic carbocycles. The van der Waals surface area contributed by atoms with E-state index in [-0.39, 0.29) is 0 Å². The number of nitrogens with zero attached hydrogens (tertiary/aromatic N) is 1. The van der Waals surface area contributed by atoms with Gasteiger partial charge in [-0.3, -0.25) is 0 Å². The first-order valence-electron chi connectivity index (χ1n) is 1.48. The van der Waals surface area contributed by atoms with E-state index >= 15 is 0 Å². The van der Waals surface area contributed by atoms with E-state index in [1.807, 2.05) is 0 Å². The molecule has 0 aliphatic heterocycles. The molecule has 0 aliphatic rings. The highest BCUT2D eigenvalue weighted by molar-refractivity contribution is 7.88. The molecule has 0 heterocycles. The third-order valence-corrected chi connectivity index (χ3v) is 0.672. The highest BCUT2D eigenvalue weighted by Crippen LogP contribution is 2.08. The number of carboxylic acid groups (broad SMARTS) is 1. The van der Waals surface area contributed by atoms with Gasteiger partial charge in [-0.2, -0.15) is 3.29 Å². The van der Waals surface area contributed by atoms with Crippen LogP contribution in [-0.2, 0) is 0 Å². The molecule has 0 spiro atoms. The smallest absolute Gasteiger partial charge is 0.281 e. The quantitative estimate of drug-likeness (QED) is 0.350. The van der Waals surface area contributed by atoms with Crippen molar-refractivity contribution in [3.63, 3.8) is 0 Å². The van der Waals surface area contributed by atoms with E-state index in [0.29, 0.717) is 0 Å². The molecule has 5 heteroatoms. The fraction of sp³-hybridized carbons (Fsp3) is 0.500. The topological polar surface area (TPSA) is 40.1 Å². The number of hydrogen-bond acceptors (Lipinski definition) is 4. The monoisotopic (exact) mass is 139 g/mol. The molecule has 0 radical (unpaired) electrons. The van der Waals surface area contributed by atoms with Gasteiger partial charge in [0.25, 0.3) is 6.09 Å². The molecule has 7 heavy (non-hydrogen) atoms.